The Labute approximate surface area is 108 Å². The molecule has 0 saturated carbocycles. The quantitative estimate of drug-likeness (QED) is 0.854. The van der Waals surface area contributed by atoms with Crippen LogP contribution in [0.5, 0.6) is 0 Å². The van der Waals surface area contributed by atoms with Crippen LogP contribution < -0.4 is 10.6 Å². The van der Waals surface area contributed by atoms with E-state index in [1.165, 1.54) is 0 Å². The van der Waals surface area contributed by atoms with Crippen molar-refractivity contribution in [3.8, 4) is 0 Å². The van der Waals surface area contributed by atoms with Gasteiger partial charge in [0.1, 0.15) is 0 Å². The zero-order valence-corrected chi connectivity index (χ0v) is 11.0. The Balaban J connectivity index is 1.91. The number of hydrogen-bond donors (Lipinski definition) is 2. The Bertz CT molecular complexity index is 393. The van der Waals surface area contributed by atoms with Crippen LogP contribution >= 0.6 is 0 Å². The highest BCUT2D eigenvalue weighted by Gasteiger charge is 2.25. The molecule has 3 atom stereocenters. The summed E-state index contributed by atoms with van der Waals surface area (Å²) in [6.45, 7) is 5.03. The minimum atomic E-state index is -0.0242. The van der Waals surface area contributed by atoms with Gasteiger partial charge in [0.25, 0.3) is 0 Å². The summed E-state index contributed by atoms with van der Waals surface area (Å²) in [5.74, 6) is 0.286. The molecular formula is C14H21N3O. The maximum Gasteiger partial charge on any atom is 0.223 e. The third kappa shape index (κ3) is 3.29. The minimum Gasteiger partial charge on any atom is -0.348 e. The second-order valence-corrected chi connectivity index (χ2v) is 5.06. The van der Waals surface area contributed by atoms with Crippen molar-refractivity contribution in [2.45, 2.75) is 38.8 Å². The van der Waals surface area contributed by atoms with E-state index >= 15 is 0 Å². The summed E-state index contributed by atoms with van der Waals surface area (Å²) in [6, 6.07) is 6.17. The van der Waals surface area contributed by atoms with Crippen LogP contribution in [0, 0.1) is 5.92 Å². The largest absolute Gasteiger partial charge is 0.348 e. The Morgan fingerprint density at radius 3 is 3.06 bits per heavy atom. The maximum atomic E-state index is 12.2. The van der Waals surface area contributed by atoms with Gasteiger partial charge in [-0.1, -0.05) is 6.07 Å². The van der Waals surface area contributed by atoms with E-state index in [0.717, 1.165) is 25.1 Å². The van der Waals surface area contributed by atoms with Gasteiger partial charge >= 0.3 is 0 Å². The van der Waals surface area contributed by atoms with E-state index in [2.05, 4.69) is 22.5 Å². The van der Waals surface area contributed by atoms with Gasteiger partial charge in [0, 0.05) is 18.2 Å². The molecule has 2 N–H and O–H groups in total. The zero-order chi connectivity index (χ0) is 13.0. The number of rotatable bonds is 3. The minimum absolute atomic E-state index is 0.0242. The van der Waals surface area contributed by atoms with Gasteiger partial charge < -0.3 is 10.6 Å². The van der Waals surface area contributed by atoms with E-state index in [-0.39, 0.29) is 17.9 Å². The summed E-state index contributed by atoms with van der Waals surface area (Å²) in [5.41, 5.74) is 0.910. The smallest absolute Gasteiger partial charge is 0.223 e. The first-order valence-electron chi connectivity index (χ1n) is 6.61. The fraction of sp³-hybridized carbons (Fsp3) is 0.571. The molecule has 1 aliphatic heterocycles. The molecule has 0 aromatic carbocycles. The average Bonchev–Trinajstić information content (AvgIpc) is 2.39. The lowest BCUT2D eigenvalue weighted by molar-refractivity contribution is -0.126. The van der Waals surface area contributed by atoms with Crippen LogP contribution in [0.1, 0.15) is 38.4 Å². The first-order chi connectivity index (χ1) is 8.66. The molecule has 1 amide bonds. The van der Waals surface area contributed by atoms with Gasteiger partial charge in [-0.3, -0.25) is 9.78 Å². The molecule has 4 nitrogen and oxygen atoms in total. The maximum absolute atomic E-state index is 12.2. The predicted octanol–water partition coefficient (Wildman–Crippen LogP) is 1.65. The number of hydrogen-bond acceptors (Lipinski definition) is 3. The Hall–Kier alpha value is -1.42. The number of amides is 1. The molecule has 3 unspecified atom stereocenters. The van der Waals surface area contributed by atoms with Crippen molar-refractivity contribution in [1.29, 1.82) is 0 Å². The lowest BCUT2D eigenvalue weighted by atomic mass is 9.92. The van der Waals surface area contributed by atoms with E-state index in [9.17, 15) is 4.79 Å². The SMILES string of the molecule is CC1CC(C(=O)NC(C)c2ccccn2)CCN1. The van der Waals surface area contributed by atoms with Crippen LogP contribution in [0.4, 0.5) is 0 Å². The number of piperidine rings is 1. The van der Waals surface area contributed by atoms with E-state index in [1.807, 2.05) is 25.1 Å². The number of carbonyl (C=O) groups excluding carboxylic acids is 1. The number of pyridine rings is 1. The topological polar surface area (TPSA) is 54.0 Å². The molecule has 1 aliphatic rings. The van der Waals surface area contributed by atoms with Crippen molar-refractivity contribution < 1.29 is 4.79 Å². The summed E-state index contributed by atoms with van der Waals surface area (Å²) < 4.78 is 0. The highest BCUT2D eigenvalue weighted by molar-refractivity contribution is 5.79. The van der Waals surface area contributed by atoms with Crippen LogP contribution in [0.2, 0.25) is 0 Å². The van der Waals surface area contributed by atoms with Crippen molar-refractivity contribution in [2.24, 2.45) is 5.92 Å². The van der Waals surface area contributed by atoms with Crippen molar-refractivity contribution in [2.75, 3.05) is 6.54 Å². The predicted molar refractivity (Wildman–Crippen MR) is 71.0 cm³/mol. The van der Waals surface area contributed by atoms with Gasteiger partial charge in [0.2, 0.25) is 5.91 Å². The molecule has 1 saturated heterocycles. The molecule has 0 radical (unpaired) electrons. The lowest BCUT2D eigenvalue weighted by Crippen LogP contribution is -2.43. The fourth-order valence-electron chi connectivity index (χ4n) is 2.41. The summed E-state index contributed by atoms with van der Waals surface area (Å²) >= 11 is 0. The van der Waals surface area contributed by atoms with Crippen LogP contribution in [0.3, 0.4) is 0 Å². The number of aromatic nitrogens is 1. The first-order valence-corrected chi connectivity index (χ1v) is 6.61. The molecule has 0 spiro atoms. The first kappa shape index (κ1) is 13.0. The van der Waals surface area contributed by atoms with Crippen molar-refractivity contribution in [3.63, 3.8) is 0 Å². The number of nitrogens with zero attached hydrogens (tertiary/aromatic N) is 1. The van der Waals surface area contributed by atoms with Crippen molar-refractivity contribution >= 4 is 5.91 Å². The third-order valence-corrected chi connectivity index (χ3v) is 3.48. The van der Waals surface area contributed by atoms with Crippen LogP contribution in [0.25, 0.3) is 0 Å². The van der Waals surface area contributed by atoms with Gasteiger partial charge in [-0.2, -0.15) is 0 Å². The van der Waals surface area contributed by atoms with E-state index in [4.69, 9.17) is 0 Å². The van der Waals surface area contributed by atoms with Gasteiger partial charge in [0.05, 0.1) is 11.7 Å². The summed E-state index contributed by atoms with van der Waals surface area (Å²) in [5, 5.41) is 6.42. The van der Waals surface area contributed by atoms with Crippen molar-refractivity contribution in [1.82, 2.24) is 15.6 Å². The molecular weight excluding hydrogens is 226 g/mol. The summed E-state index contributed by atoms with van der Waals surface area (Å²) in [4.78, 5) is 16.4. The molecule has 1 fully saturated rings. The van der Waals surface area contributed by atoms with Crippen molar-refractivity contribution in [3.05, 3.63) is 30.1 Å². The van der Waals surface area contributed by atoms with Gasteiger partial charge in [-0.25, -0.2) is 0 Å². The summed E-state index contributed by atoms with van der Waals surface area (Å²) in [7, 11) is 0. The van der Waals surface area contributed by atoms with E-state index in [1.54, 1.807) is 6.20 Å². The van der Waals surface area contributed by atoms with Crippen LogP contribution in [-0.2, 0) is 4.79 Å². The van der Waals surface area contributed by atoms with E-state index in [0.29, 0.717) is 6.04 Å². The Kier molecular flexibility index (Phi) is 4.31. The second kappa shape index (κ2) is 5.96. The third-order valence-electron chi connectivity index (χ3n) is 3.48. The van der Waals surface area contributed by atoms with Gasteiger partial charge in [-0.05, 0) is 45.4 Å². The zero-order valence-electron chi connectivity index (χ0n) is 11.0. The Morgan fingerprint density at radius 1 is 1.56 bits per heavy atom. The molecule has 2 rings (SSSR count). The molecule has 0 bridgehead atoms. The van der Waals surface area contributed by atoms with Gasteiger partial charge in [-0.15, -0.1) is 0 Å². The van der Waals surface area contributed by atoms with Crippen LogP contribution in [-0.4, -0.2) is 23.5 Å². The molecule has 1 aromatic heterocycles. The normalized spacial score (nSPS) is 25.4. The molecule has 2 heterocycles. The molecule has 4 heteroatoms. The fourth-order valence-corrected chi connectivity index (χ4v) is 2.41. The Morgan fingerprint density at radius 2 is 2.39 bits per heavy atom. The highest BCUT2D eigenvalue weighted by atomic mass is 16.1. The monoisotopic (exact) mass is 247 g/mol. The molecule has 98 valence electrons. The molecule has 1 aromatic rings. The van der Waals surface area contributed by atoms with Crippen LogP contribution in [0.15, 0.2) is 24.4 Å². The average molecular weight is 247 g/mol. The lowest BCUT2D eigenvalue weighted by Gasteiger charge is -2.28. The standard InChI is InChI=1S/C14H21N3O/c1-10-9-12(6-8-15-10)14(18)17-11(2)13-5-3-4-7-16-13/h3-5,7,10-12,15H,6,8-9H2,1-2H3,(H,17,18). The van der Waals surface area contributed by atoms with E-state index < -0.39 is 0 Å². The highest BCUT2D eigenvalue weighted by Crippen LogP contribution is 2.18. The second-order valence-electron chi connectivity index (χ2n) is 5.06. The molecule has 0 aliphatic carbocycles. The number of nitrogens with one attached hydrogen (secondary N) is 2. The molecule has 18 heavy (non-hydrogen) atoms. The van der Waals surface area contributed by atoms with Gasteiger partial charge in [0.15, 0.2) is 0 Å². The number of carbonyl (C=O) groups is 1. The summed E-state index contributed by atoms with van der Waals surface area (Å²) in [6.07, 6.45) is 3.59.